The standard InChI is InChI=1S/C20H28FN3O4/c21-14-15(22)13-17-19(16(14)23)28-12-6-9-4-2-1-3-8(9)5-11(12)24(17)7-10(18(13)25)20(26)27/h7-9,11-17,19H,1-6,22-23H2,(H,26,27). The third-order valence-electron chi connectivity index (χ3n) is 7.94. The number of carbonyl (C=O) groups is 2. The Bertz CT molecular complexity index is 730. The Morgan fingerprint density at radius 1 is 1.18 bits per heavy atom. The Balaban J connectivity index is 1.57. The molecule has 10 unspecified atom stereocenters. The van der Waals surface area contributed by atoms with Crippen LogP contribution in [0.1, 0.15) is 38.5 Å². The molecule has 3 aliphatic carbocycles. The molecule has 2 aliphatic heterocycles. The highest BCUT2D eigenvalue weighted by Gasteiger charge is 2.61. The van der Waals surface area contributed by atoms with Crippen molar-refractivity contribution in [2.45, 2.75) is 81.1 Å². The fourth-order valence-electron chi connectivity index (χ4n) is 6.59. The van der Waals surface area contributed by atoms with Gasteiger partial charge in [0.15, 0.2) is 5.78 Å². The van der Waals surface area contributed by atoms with Gasteiger partial charge in [-0.1, -0.05) is 25.7 Å². The van der Waals surface area contributed by atoms with E-state index >= 15 is 0 Å². The van der Waals surface area contributed by atoms with E-state index in [-0.39, 0.29) is 17.7 Å². The van der Waals surface area contributed by atoms with Crippen molar-refractivity contribution in [2.75, 3.05) is 0 Å². The SMILES string of the molecule is NC1C(F)C(N)C2C(=O)C(C(=O)O)=CN3C4CC5CCCCC5CC4OC1C23. The summed E-state index contributed by atoms with van der Waals surface area (Å²) in [6.07, 6.45) is 5.71. The maximum atomic E-state index is 14.9. The zero-order chi connectivity index (χ0) is 19.7. The van der Waals surface area contributed by atoms with Gasteiger partial charge in [-0.15, -0.1) is 0 Å². The van der Waals surface area contributed by atoms with Gasteiger partial charge in [-0.3, -0.25) is 4.79 Å². The Labute approximate surface area is 163 Å². The molecule has 154 valence electrons. The molecule has 0 bridgehead atoms. The van der Waals surface area contributed by atoms with Gasteiger partial charge in [0.25, 0.3) is 0 Å². The third-order valence-corrected chi connectivity index (χ3v) is 7.94. The topological polar surface area (TPSA) is 119 Å². The molecule has 7 nitrogen and oxygen atoms in total. The smallest absolute Gasteiger partial charge is 0.340 e. The van der Waals surface area contributed by atoms with E-state index in [9.17, 15) is 19.1 Å². The van der Waals surface area contributed by atoms with Crippen LogP contribution >= 0.6 is 0 Å². The molecule has 0 radical (unpaired) electrons. The fourth-order valence-corrected chi connectivity index (χ4v) is 6.59. The number of aliphatic carboxylic acids is 1. The predicted molar refractivity (Wildman–Crippen MR) is 97.8 cm³/mol. The second-order valence-corrected chi connectivity index (χ2v) is 9.26. The molecular formula is C20H28FN3O4. The number of nitrogens with two attached hydrogens (primary N) is 2. The van der Waals surface area contributed by atoms with Crippen LogP contribution in [0.25, 0.3) is 0 Å². The van der Waals surface area contributed by atoms with E-state index in [1.807, 2.05) is 4.90 Å². The largest absolute Gasteiger partial charge is 0.478 e. The van der Waals surface area contributed by atoms with Gasteiger partial charge in [0.2, 0.25) is 0 Å². The van der Waals surface area contributed by atoms with Crippen LogP contribution in [-0.2, 0) is 14.3 Å². The number of rotatable bonds is 1. The Morgan fingerprint density at radius 2 is 1.86 bits per heavy atom. The van der Waals surface area contributed by atoms with Gasteiger partial charge in [0, 0.05) is 12.2 Å². The summed E-state index contributed by atoms with van der Waals surface area (Å²) in [4.78, 5) is 26.6. The molecule has 0 aromatic carbocycles. The van der Waals surface area contributed by atoms with E-state index in [0.29, 0.717) is 11.8 Å². The van der Waals surface area contributed by atoms with Crippen LogP contribution in [0.5, 0.6) is 0 Å². The highest BCUT2D eigenvalue weighted by molar-refractivity contribution is 6.18. The van der Waals surface area contributed by atoms with Gasteiger partial charge in [-0.05, 0) is 24.7 Å². The summed E-state index contributed by atoms with van der Waals surface area (Å²) in [5.41, 5.74) is 11.9. The highest BCUT2D eigenvalue weighted by Crippen LogP contribution is 2.49. The van der Waals surface area contributed by atoms with Crippen LogP contribution in [-0.4, -0.2) is 64.3 Å². The van der Waals surface area contributed by atoms with Crippen LogP contribution in [0.2, 0.25) is 0 Å². The summed E-state index contributed by atoms with van der Waals surface area (Å²) in [6, 6.07) is -2.55. The molecule has 0 spiro atoms. The number of ketones is 1. The minimum Gasteiger partial charge on any atom is -0.478 e. The number of morpholine rings is 1. The fraction of sp³-hybridized carbons (Fsp3) is 0.800. The minimum atomic E-state index is -1.60. The summed E-state index contributed by atoms with van der Waals surface area (Å²) in [6.45, 7) is 0. The lowest BCUT2D eigenvalue weighted by Crippen LogP contribution is -2.77. The van der Waals surface area contributed by atoms with E-state index in [4.69, 9.17) is 16.2 Å². The average molecular weight is 393 g/mol. The van der Waals surface area contributed by atoms with Crippen LogP contribution in [0.3, 0.4) is 0 Å². The second-order valence-electron chi connectivity index (χ2n) is 9.26. The number of carboxylic acids is 1. The molecule has 28 heavy (non-hydrogen) atoms. The third kappa shape index (κ3) is 2.50. The number of carbonyl (C=O) groups excluding carboxylic acids is 1. The van der Waals surface area contributed by atoms with E-state index in [1.54, 1.807) is 0 Å². The molecule has 0 aromatic heterocycles. The molecule has 5 N–H and O–H groups in total. The molecule has 0 aromatic rings. The first kappa shape index (κ1) is 18.5. The molecule has 1 saturated heterocycles. The summed E-state index contributed by atoms with van der Waals surface area (Å²) in [5, 5.41) is 9.58. The molecule has 2 heterocycles. The number of hydrogen-bond donors (Lipinski definition) is 3. The van der Waals surface area contributed by atoms with Gasteiger partial charge >= 0.3 is 5.97 Å². The first-order valence-electron chi connectivity index (χ1n) is 10.5. The van der Waals surface area contributed by atoms with Gasteiger partial charge < -0.3 is 26.2 Å². The monoisotopic (exact) mass is 393 g/mol. The summed E-state index contributed by atoms with van der Waals surface area (Å²) in [7, 11) is 0. The molecule has 5 rings (SSSR count). The lowest BCUT2D eigenvalue weighted by Gasteiger charge is -2.61. The number of nitrogens with zero attached hydrogens (tertiary/aromatic N) is 1. The highest BCUT2D eigenvalue weighted by atomic mass is 19.1. The van der Waals surface area contributed by atoms with Gasteiger partial charge in [0.05, 0.1) is 36.3 Å². The number of Topliss-reactive ketones (excluding diaryl/α,β-unsaturated/α-hetero) is 1. The number of carboxylic acid groups (broad SMARTS) is 1. The summed E-state index contributed by atoms with van der Waals surface area (Å²) in [5.74, 6) is -1.64. The molecule has 10 atom stereocenters. The van der Waals surface area contributed by atoms with Crippen molar-refractivity contribution in [3.8, 4) is 0 Å². The zero-order valence-corrected chi connectivity index (χ0v) is 15.7. The molecule has 4 fully saturated rings. The zero-order valence-electron chi connectivity index (χ0n) is 15.7. The number of ether oxygens (including phenoxy) is 1. The molecule has 0 amide bonds. The molecule has 3 saturated carbocycles. The minimum absolute atomic E-state index is 0.0129. The first-order valence-corrected chi connectivity index (χ1v) is 10.5. The van der Waals surface area contributed by atoms with Crippen molar-refractivity contribution < 1.29 is 23.8 Å². The van der Waals surface area contributed by atoms with Crippen LogP contribution in [0.15, 0.2) is 11.8 Å². The second kappa shape index (κ2) is 6.50. The number of halogens is 1. The maximum Gasteiger partial charge on any atom is 0.340 e. The van der Waals surface area contributed by atoms with E-state index in [2.05, 4.69) is 0 Å². The maximum absolute atomic E-state index is 14.9. The van der Waals surface area contributed by atoms with Crippen molar-refractivity contribution in [3.63, 3.8) is 0 Å². The normalized spacial score (nSPS) is 50.2. The average Bonchev–Trinajstić information content (AvgIpc) is 2.68. The Kier molecular flexibility index (Phi) is 4.30. The van der Waals surface area contributed by atoms with Crippen molar-refractivity contribution in [1.82, 2.24) is 4.90 Å². The number of alkyl halides is 1. The van der Waals surface area contributed by atoms with Crippen molar-refractivity contribution in [1.29, 1.82) is 0 Å². The van der Waals surface area contributed by atoms with Gasteiger partial charge in [-0.2, -0.15) is 0 Å². The molecule has 8 heteroatoms. The number of hydrogen-bond acceptors (Lipinski definition) is 6. The van der Waals surface area contributed by atoms with Crippen molar-refractivity contribution >= 4 is 11.8 Å². The van der Waals surface area contributed by atoms with Crippen molar-refractivity contribution in [3.05, 3.63) is 11.8 Å². The van der Waals surface area contributed by atoms with Crippen molar-refractivity contribution in [2.24, 2.45) is 29.2 Å². The summed E-state index contributed by atoms with van der Waals surface area (Å²) < 4.78 is 21.2. The first-order chi connectivity index (χ1) is 13.4. The van der Waals surface area contributed by atoms with Crippen LogP contribution in [0.4, 0.5) is 4.39 Å². The molecule has 5 aliphatic rings. The Morgan fingerprint density at radius 3 is 2.54 bits per heavy atom. The predicted octanol–water partition coefficient (Wildman–Crippen LogP) is 0.567. The van der Waals surface area contributed by atoms with E-state index in [1.165, 1.54) is 31.9 Å². The number of fused-ring (bicyclic) bond motifs is 3. The van der Waals surface area contributed by atoms with Gasteiger partial charge in [0.1, 0.15) is 11.7 Å². The van der Waals surface area contributed by atoms with E-state index < -0.39 is 48.1 Å². The summed E-state index contributed by atoms with van der Waals surface area (Å²) >= 11 is 0. The quantitative estimate of drug-likeness (QED) is 0.557. The van der Waals surface area contributed by atoms with Crippen LogP contribution in [0, 0.1) is 17.8 Å². The molecular weight excluding hydrogens is 365 g/mol. The van der Waals surface area contributed by atoms with Gasteiger partial charge in [-0.25, -0.2) is 9.18 Å². The van der Waals surface area contributed by atoms with E-state index in [0.717, 1.165) is 12.8 Å². The van der Waals surface area contributed by atoms with Crippen LogP contribution < -0.4 is 11.5 Å². The lowest BCUT2D eigenvalue weighted by molar-refractivity contribution is -0.207. The lowest BCUT2D eigenvalue weighted by atomic mass is 9.64. The Hall–Kier alpha value is -1.51.